The average Bonchev–Trinajstić information content (AvgIpc) is 3.59. The lowest BCUT2D eigenvalue weighted by molar-refractivity contribution is 1.41. The molecule has 0 spiro atoms. The summed E-state index contributed by atoms with van der Waals surface area (Å²) < 4.78 is 0. The molecule has 0 unspecified atom stereocenters. The first-order valence-corrected chi connectivity index (χ1v) is 10.5. The average molecular weight is 413 g/mol. The summed E-state index contributed by atoms with van der Waals surface area (Å²) in [6.07, 6.45) is 22.1. The highest BCUT2D eigenvalue weighted by atomic mass is 14.8. The minimum Gasteiger partial charge on any atom is -0.388 e. The van der Waals surface area contributed by atoms with E-state index in [4.69, 9.17) is 15.0 Å². The SMILES string of the molecule is CNc1ccc(C2=CC3=CC4=NC(=CC5=NC(=CC6=NC(=CC2=N3)C=C6)C=C5)C=C4)cc1. The molecule has 0 atom stereocenters. The maximum absolute atomic E-state index is 4.90. The topological polar surface area (TPSA) is 61.5 Å². The lowest BCUT2D eigenvalue weighted by atomic mass is 10.0. The van der Waals surface area contributed by atoms with Crippen molar-refractivity contribution in [1.82, 2.24) is 0 Å². The van der Waals surface area contributed by atoms with Gasteiger partial charge >= 0.3 is 0 Å². The summed E-state index contributed by atoms with van der Waals surface area (Å²) in [5.41, 5.74) is 10.3. The zero-order valence-corrected chi connectivity index (χ0v) is 17.4. The molecule has 1 aromatic rings. The van der Waals surface area contributed by atoms with Crippen LogP contribution in [0.5, 0.6) is 0 Å². The standard InChI is InChI=1S/C27H19N5/c1-28-18-4-2-17(3-5-18)26-15-25-14-23-9-8-21(30-23)12-19-6-7-20(29-19)13-22-10-11-24(31-22)16-27(26)32-25/h2-16,28H,1H3. The van der Waals surface area contributed by atoms with Gasteiger partial charge in [0.15, 0.2) is 0 Å². The van der Waals surface area contributed by atoms with Gasteiger partial charge in [-0.25, -0.2) is 20.0 Å². The van der Waals surface area contributed by atoms with Gasteiger partial charge in [0.05, 0.1) is 45.6 Å². The molecule has 152 valence electrons. The van der Waals surface area contributed by atoms with Crippen LogP contribution >= 0.6 is 0 Å². The summed E-state index contributed by atoms with van der Waals surface area (Å²) in [7, 11) is 1.92. The van der Waals surface area contributed by atoms with Crippen molar-refractivity contribution in [1.29, 1.82) is 0 Å². The summed E-state index contributed by atoms with van der Waals surface area (Å²) in [4.78, 5) is 19.0. The second-order valence-corrected chi connectivity index (χ2v) is 7.77. The van der Waals surface area contributed by atoms with E-state index in [0.717, 1.165) is 62.5 Å². The number of rotatable bonds is 2. The maximum atomic E-state index is 4.90. The van der Waals surface area contributed by atoms with Crippen LogP contribution in [0.4, 0.5) is 5.69 Å². The van der Waals surface area contributed by atoms with Crippen molar-refractivity contribution in [2.75, 3.05) is 12.4 Å². The van der Waals surface area contributed by atoms with Crippen molar-refractivity contribution in [2.24, 2.45) is 20.0 Å². The fourth-order valence-corrected chi connectivity index (χ4v) is 3.95. The monoisotopic (exact) mass is 413 g/mol. The highest BCUT2D eigenvalue weighted by Gasteiger charge is 2.18. The third kappa shape index (κ3) is 3.50. The molecule has 0 amide bonds. The molecule has 0 saturated carbocycles. The number of nitrogens with one attached hydrogen (secondary N) is 1. The molecule has 5 heteroatoms. The van der Waals surface area contributed by atoms with Crippen LogP contribution in [0, 0.1) is 0 Å². The third-order valence-corrected chi connectivity index (χ3v) is 5.52. The molecular formula is C27H19N5. The van der Waals surface area contributed by atoms with Gasteiger partial charge < -0.3 is 5.32 Å². The van der Waals surface area contributed by atoms with E-state index < -0.39 is 0 Å². The summed E-state index contributed by atoms with van der Waals surface area (Å²) in [5, 5.41) is 3.17. The molecule has 0 radical (unpaired) electrons. The molecule has 1 aromatic carbocycles. The van der Waals surface area contributed by atoms with Gasteiger partial charge in [-0.15, -0.1) is 0 Å². The lowest BCUT2D eigenvalue weighted by Crippen LogP contribution is -1.97. The van der Waals surface area contributed by atoms with E-state index in [-0.39, 0.29) is 0 Å². The molecule has 5 aliphatic rings. The van der Waals surface area contributed by atoms with Crippen LogP contribution in [0.2, 0.25) is 0 Å². The lowest BCUT2D eigenvalue weighted by Gasteiger charge is -2.06. The van der Waals surface area contributed by atoms with Gasteiger partial charge in [0.2, 0.25) is 0 Å². The summed E-state index contributed by atoms with van der Waals surface area (Å²) in [5.74, 6) is 0. The van der Waals surface area contributed by atoms with Crippen LogP contribution in [0.25, 0.3) is 5.57 Å². The highest BCUT2D eigenvalue weighted by Crippen LogP contribution is 2.29. The van der Waals surface area contributed by atoms with Crippen molar-refractivity contribution in [2.45, 2.75) is 0 Å². The predicted octanol–water partition coefficient (Wildman–Crippen LogP) is 5.15. The molecule has 8 bridgehead atoms. The molecule has 1 N–H and O–H groups in total. The number of allylic oxidation sites excluding steroid dienone is 12. The van der Waals surface area contributed by atoms with Crippen molar-refractivity contribution in [3.8, 4) is 0 Å². The number of aliphatic imine (C=N–C) groups is 4. The van der Waals surface area contributed by atoms with Gasteiger partial charge in [-0.2, -0.15) is 0 Å². The molecule has 0 aromatic heterocycles. The fourth-order valence-electron chi connectivity index (χ4n) is 3.95. The number of fused-ring (bicyclic) bond motifs is 4. The molecule has 6 rings (SSSR count). The Bertz CT molecular complexity index is 1410. The first kappa shape index (κ1) is 18.4. The van der Waals surface area contributed by atoms with Gasteiger partial charge in [0.25, 0.3) is 0 Å². The van der Waals surface area contributed by atoms with Gasteiger partial charge in [0.1, 0.15) is 0 Å². The zero-order valence-electron chi connectivity index (χ0n) is 17.4. The zero-order chi connectivity index (χ0) is 21.5. The third-order valence-electron chi connectivity index (χ3n) is 5.52. The summed E-state index contributed by atoms with van der Waals surface area (Å²) >= 11 is 0. The van der Waals surface area contributed by atoms with E-state index in [0.29, 0.717) is 0 Å². The summed E-state index contributed by atoms with van der Waals surface area (Å²) in [6.45, 7) is 0. The van der Waals surface area contributed by atoms with Gasteiger partial charge in [-0.3, -0.25) is 0 Å². The number of hydrogen-bond acceptors (Lipinski definition) is 5. The van der Waals surface area contributed by atoms with Crippen LogP contribution in [0.3, 0.4) is 0 Å². The van der Waals surface area contributed by atoms with Crippen LogP contribution in [-0.2, 0) is 0 Å². The van der Waals surface area contributed by atoms with Gasteiger partial charge in [-0.1, -0.05) is 12.1 Å². The predicted molar refractivity (Wildman–Crippen MR) is 133 cm³/mol. The number of hydrogen-bond donors (Lipinski definition) is 1. The minimum absolute atomic E-state index is 0.868. The number of nitrogens with zero attached hydrogens (tertiary/aromatic N) is 4. The first-order chi connectivity index (χ1) is 15.7. The molecular weight excluding hydrogens is 394 g/mol. The maximum Gasteiger partial charge on any atom is 0.0737 e. The fraction of sp³-hybridized carbons (Fsp3) is 0.0370. The molecule has 0 saturated heterocycles. The quantitative estimate of drug-likeness (QED) is 0.716. The Morgan fingerprint density at radius 3 is 1.62 bits per heavy atom. The second kappa shape index (κ2) is 7.39. The molecule has 0 fully saturated rings. The largest absolute Gasteiger partial charge is 0.388 e. The van der Waals surface area contributed by atoms with E-state index in [9.17, 15) is 0 Å². The first-order valence-electron chi connectivity index (χ1n) is 10.5. The highest BCUT2D eigenvalue weighted by molar-refractivity contribution is 6.32. The Morgan fingerprint density at radius 2 is 1.06 bits per heavy atom. The number of anilines is 1. The van der Waals surface area contributed by atoms with E-state index in [1.807, 2.05) is 67.8 Å². The Balaban J connectivity index is 1.48. The van der Waals surface area contributed by atoms with Crippen molar-refractivity contribution < 1.29 is 0 Å². The van der Waals surface area contributed by atoms with Gasteiger partial charge in [0, 0.05) is 18.3 Å². The number of benzene rings is 1. The smallest absolute Gasteiger partial charge is 0.0737 e. The molecule has 5 aliphatic heterocycles. The van der Waals surface area contributed by atoms with Crippen molar-refractivity contribution in [3.63, 3.8) is 0 Å². The van der Waals surface area contributed by atoms with Crippen LogP contribution < -0.4 is 5.32 Å². The van der Waals surface area contributed by atoms with E-state index >= 15 is 0 Å². The summed E-state index contributed by atoms with van der Waals surface area (Å²) in [6, 6.07) is 8.36. The normalized spacial score (nSPS) is 20.1. The molecule has 0 aliphatic carbocycles. The molecule has 5 nitrogen and oxygen atoms in total. The molecule has 32 heavy (non-hydrogen) atoms. The van der Waals surface area contributed by atoms with Gasteiger partial charge in [-0.05, 0) is 84.5 Å². The van der Waals surface area contributed by atoms with Crippen molar-refractivity contribution >= 4 is 34.1 Å². The Hall–Kier alpha value is -4.38. The Kier molecular flexibility index (Phi) is 4.25. The second-order valence-electron chi connectivity index (χ2n) is 7.77. The van der Waals surface area contributed by atoms with Crippen LogP contribution in [0.15, 0.2) is 134 Å². The van der Waals surface area contributed by atoms with E-state index in [1.165, 1.54) is 0 Å². The van der Waals surface area contributed by atoms with E-state index in [2.05, 4.69) is 40.7 Å². The van der Waals surface area contributed by atoms with Crippen LogP contribution in [-0.4, -0.2) is 29.9 Å². The minimum atomic E-state index is 0.868. The Labute approximate surface area is 186 Å². The Morgan fingerprint density at radius 1 is 0.531 bits per heavy atom. The van der Waals surface area contributed by atoms with Crippen LogP contribution in [0.1, 0.15) is 5.56 Å². The van der Waals surface area contributed by atoms with E-state index in [1.54, 1.807) is 0 Å². The van der Waals surface area contributed by atoms with Crippen molar-refractivity contribution in [3.05, 3.63) is 119 Å². The molecule has 5 heterocycles.